The van der Waals surface area contributed by atoms with Crippen LogP contribution in [0.15, 0.2) is 94.7 Å². The van der Waals surface area contributed by atoms with Crippen LogP contribution in [-0.2, 0) is 22.7 Å². The fraction of sp³-hybridized carbons (Fsp3) is 0.250. The van der Waals surface area contributed by atoms with E-state index < -0.39 is 11.6 Å². The highest BCUT2D eigenvalue weighted by molar-refractivity contribution is 7.99. The van der Waals surface area contributed by atoms with Crippen molar-refractivity contribution in [2.24, 2.45) is 0 Å². The molecule has 0 bridgehead atoms. The molecule has 44 heavy (non-hydrogen) atoms. The van der Waals surface area contributed by atoms with Crippen LogP contribution in [0.2, 0.25) is 0 Å². The van der Waals surface area contributed by atoms with Gasteiger partial charge in [0.15, 0.2) is 6.39 Å². The normalized spacial score (nSPS) is 15.1. The molecular formula is C32H32N8O3S. The van der Waals surface area contributed by atoms with Crippen molar-refractivity contribution in [2.75, 3.05) is 10.7 Å². The zero-order valence-corrected chi connectivity index (χ0v) is 25.2. The van der Waals surface area contributed by atoms with E-state index in [1.165, 1.54) is 6.39 Å². The number of para-hydroxylation sites is 1. The molecule has 3 N–H and O–H groups in total. The van der Waals surface area contributed by atoms with Crippen LogP contribution in [0.3, 0.4) is 0 Å². The predicted octanol–water partition coefficient (Wildman–Crippen LogP) is 4.60. The molecule has 6 rings (SSSR count). The third-order valence-corrected chi connectivity index (χ3v) is 8.56. The first-order chi connectivity index (χ1) is 21.4. The summed E-state index contributed by atoms with van der Waals surface area (Å²) in [6.07, 6.45) is 3.20. The minimum Gasteiger partial charge on any atom is -0.447 e. The lowest BCUT2D eigenvalue weighted by Gasteiger charge is -2.28. The van der Waals surface area contributed by atoms with Crippen LogP contribution >= 0.6 is 11.8 Å². The lowest BCUT2D eigenvalue weighted by atomic mass is 9.98. The fourth-order valence-corrected chi connectivity index (χ4v) is 6.24. The number of amides is 2. The number of hydrogen-bond donors (Lipinski definition) is 3. The van der Waals surface area contributed by atoms with Crippen molar-refractivity contribution in [2.45, 2.75) is 49.8 Å². The lowest BCUT2D eigenvalue weighted by Crippen LogP contribution is -2.51. The van der Waals surface area contributed by atoms with E-state index in [1.54, 1.807) is 22.9 Å². The van der Waals surface area contributed by atoms with Gasteiger partial charge in [0.1, 0.15) is 11.8 Å². The number of anilines is 1. The molecule has 1 aliphatic heterocycles. The molecule has 2 aromatic heterocycles. The number of rotatable bonds is 10. The van der Waals surface area contributed by atoms with Gasteiger partial charge >= 0.3 is 0 Å². The number of carbonyl (C=O) groups excluding carboxylic acids is 2. The quantitative estimate of drug-likeness (QED) is 0.207. The van der Waals surface area contributed by atoms with Gasteiger partial charge in [-0.1, -0.05) is 60.7 Å². The minimum absolute atomic E-state index is 0.144. The molecule has 0 saturated heterocycles. The third-order valence-electron chi connectivity index (χ3n) is 7.41. The van der Waals surface area contributed by atoms with Crippen LogP contribution in [-0.4, -0.2) is 54.8 Å². The predicted molar refractivity (Wildman–Crippen MR) is 167 cm³/mol. The van der Waals surface area contributed by atoms with E-state index in [1.807, 2.05) is 86.6 Å². The number of hydrogen-bond acceptors (Lipinski definition) is 9. The molecule has 0 radical (unpaired) electrons. The Hall–Kier alpha value is -4.81. The average Bonchev–Trinajstić information content (AvgIpc) is 3.74. The van der Waals surface area contributed by atoms with E-state index in [4.69, 9.17) is 4.42 Å². The van der Waals surface area contributed by atoms with Crippen LogP contribution in [0.4, 0.5) is 5.69 Å². The number of fused-ring (bicyclic) bond motifs is 1. The summed E-state index contributed by atoms with van der Waals surface area (Å²) in [6.45, 7) is 4.70. The van der Waals surface area contributed by atoms with Crippen molar-refractivity contribution < 1.29 is 14.0 Å². The van der Waals surface area contributed by atoms with Gasteiger partial charge in [0.25, 0.3) is 5.91 Å². The van der Waals surface area contributed by atoms with E-state index in [-0.39, 0.29) is 18.2 Å². The lowest BCUT2D eigenvalue weighted by molar-refractivity contribution is -0.127. The molecule has 12 heteroatoms. The first kappa shape index (κ1) is 29.3. The molecule has 3 heterocycles. The van der Waals surface area contributed by atoms with Crippen LogP contribution in [0.25, 0.3) is 22.5 Å². The molecule has 0 saturated carbocycles. The molecule has 224 valence electrons. The highest BCUT2D eigenvalue weighted by Gasteiger charge is 2.33. The first-order valence-corrected chi connectivity index (χ1v) is 15.2. The fourth-order valence-electron chi connectivity index (χ4n) is 5.16. The number of aromatic nitrogens is 5. The van der Waals surface area contributed by atoms with E-state index >= 15 is 0 Å². The molecule has 5 aromatic rings. The third kappa shape index (κ3) is 6.71. The minimum atomic E-state index is -0.675. The van der Waals surface area contributed by atoms with Gasteiger partial charge in [-0.15, -0.1) is 22.0 Å². The Morgan fingerprint density at radius 3 is 2.59 bits per heavy atom. The standard InChI is InChI=1S/C32H32N8O3S/c1-32(2,34-17-23-16-33-20-43-23)15-29(41)35-26-19-44-28-10-6-5-9-27(28)40(31(26)42)18-21-11-13-22(14-12-21)24-7-3-4-8-25(24)30-36-38-39-37-30/h3-14,16,20,26,34H,15,17-19H2,1-2H3,(H,35,41)(H,36,37,38,39)/t26-/m1/s1. The summed E-state index contributed by atoms with van der Waals surface area (Å²) in [4.78, 5) is 33.9. The van der Waals surface area contributed by atoms with E-state index in [0.717, 1.165) is 32.8 Å². The zero-order chi connectivity index (χ0) is 30.5. The number of aromatic amines is 1. The Balaban J connectivity index is 1.18. The Kier molecular flexibility index (Phi) is 8.53. The van der Waals surface area contributed by atoms with Gasteiger partial charge in [0, 0.05) is 28.2 Å². The van der Waals surface area contributed by atoms with Crippen LogP contribution in [0, 0.1) is 0 Å². The molecule has 11 nitrogen and oxygen atoms in total. The zero-order valence-electron chi connectivity index (χ0n) is 24.4. The van der Waals surface area contributed by atoms with Crippen molar-refractivity contribution in [1.29, 1.82) is 0 Å². The summed E-state index contributed by atoms with van der Waals surface area (Å²) in [7, 11) is 0. The molecule has 1 aliphatic rings. The average molecular weight is 609 g/mol. The second kappa shape index (κ2) is 12.8. The van der Waals surface area contributed by atoms with Gasteiger partial charge < -0.3 is 20.0 Å². The Labute approximate surface area is 258 Å². The van der Waals surface area contributed by atoms with E-state index in [9.17, 15) is 9.59 Å². The summed E-state index contributed by atoms with van der Waals surface area (Å²) in [6, 6.07) is 23.2. The number of oxazole rings is 1. The number of carbonyl (C=O) groups is 2. The van der Waals surface area contributed by atoms with Gasteiger partial charge in [-0.3, -0.25) is 9.59 Å². The van der Waals surface area contributed by atoms with E-state index in [2.05, 4.69) is 36.2 Å². The Morgan fingerprint density at radius 2 is 1.84 bits per heavy atom. The van der Waals surface area contributed by atoms with Crippen molar-refractivity contribution in [3.05, 3.63) is 96.7 Å². The van der Waals surface area contributed by atoms with Gasteiger partial charge in [0.05, 0.1) is 25.0 Å². The highest BCUT2D eigenvalue weighted by Crippen LogP contribution is 2.36. The maximum absolute atomic E-state index is 14.0. The van der Waals surface area contributed by atoms with Crippen molar-refractivity contribution in [1.82, 2.24) is 36.2 Å². The van der Waals surface area contributed by atoms with Gasteiger partial charge in [-0.25, -0.2) is 4.98 Å². The molecule has 2 amide bonds. The van der Waals surface area contributed by atoms with Crippen LogP contribution < -0.4 is 15.5 Å². The Morgan fingerprint density at radius 1 is 1.07 bits per heavy atom. The number of H-pyrrole nitrogens is 1. The topological polar surface area (TPSA) is 142 Å². The monoisotopic (exact) mass is 608 g/mol. The summed E-state index contributed by atoms with van der Waals surface area (Å²) in [5.41, 5.74) is 4.12. The number of nitrogens with zero attached hydrogens (tertiary/aromatic N) is 5. The van der Waals surface area contributed by atoms with Crippen molar-refractivity contribution in [3.8, 4) is 22.5 Å². The molecule has 3 aromatic carbocycles. The summed E-state index contributed by atoms with van der Waals surface area (Å²) in [5, 5.41) is 20.8. The molecule has 0 aliphatic carbocycles. The number of nitrogens with one attached hydrogen (secondary N) is 3. The summed E-state index contributed by atoms with van der Waals surface area (Å²) >= 11 is 1.57. The molecule has 0 unspecified atom stereocenters. The van der Waals surface area contributed by atoms with Gasteiger partial charge in [-0.2, -0.15) is 5.21 Å². The largest absolute Gasteiger partial charge is 0.447 e. The second-order valence-electron chi connectivity index (χ2n) is 11.2. The van der Waals surface area contributed by atoms with Crippen molar-refractivity contribution in [3.63, 3.8) is 0 Å². The number of benzene rings is 3. The number of thioether (sulfide) groups is 1. The second-order valence-corrected chi connectivity index (χ2v) is 12.2. The molecule has 0 fully saturated rings. The van der Waals surface area contributed by atoms with E-state index in [0.29, 0.717) is 30.4 Å². The number of tetrazole rings is 1. The highest BCUT2D eigenvalue weighted by atomic mass is 32.2. The maximum atomic E-state index is 14.0. The van der Waals surface area contributed by atoms with Gasteiger partial charge in [-0.05, 0) is 47.9 Å². The van der Waals surface area contributed by atoms with Gasteiger partial charge in [0.2, 0.25) is 11.7 Å². The van der Waals surface area contributed by atoms with Crippen LogP contribution in [0.1, 0.15) is 31.6 Å². The first-order valence-electron chi connectivity index (χ1n) is 14.2. The summed E-state index contributed by atoms with van der Waals surface area (Å²) < 4.78 is 5.29. The molecule has 1 atom stereocenters. The molecular weight excluding hydrogens is 576 g/mol. The molecule has 0 spiro atoms. The van der Waals surface area contributed by atoms with Crippen molar-refractivity contribution >= 4 is 29.3 Å². The smallest absolute Gasteiger partial charge is 0.250 e. The maximum Gasteiger partial charge on any atom is 0.250 e. The Bertz CT molecular complexity index is 1720. The SMILES string of the molecule is CC(C)(CC(=O)N[C@@H]1CSc2ccccc2N(Cc2ccc(-c3ccccc3-c3nn[nH]n3)cc2)C1=O)NCc1cnco1. The van der Waals surface area contributed by atoms with Crippen LogP contribution in [0.5, 0.6) is 0 Å². The summed E-state index contributed by atoms with van der Waals surface area (Å²) in [5.74, 6) is 1.31.